The summed E-state index contributed by atoms with van der Waals surface area (Å²) in [6.07, 6.45) is 6.26. The molecule has 110 valence electrons. The molecule has 2 unspecified atom stereocenters. The number of aryl methyl sites for hydroxylation is 2. The molecule has 1 nitrogen and oxygen atoms in total. The Balaban J connectivity index is 1.72. The number of likely N-dealkylation sites (N-methyl/N-ethyl adjacent to an activating group) is 1. The molecule has 2 aromatic carbocycles. The molecule has 0 amide bonds. The van der Waals surface area contributed by atoms with Crippen LogP contribution in [0.4, 0.5) is 0 Å². The SMILES string of the molecule is CNC(CCc1ccccc1)C1CCCc2ccccc21. The maximum atomic E-state index is 3.58. The fraction of sp³-hybridized carbons (Fsp3) is 0.400. The lowest BCUT2D eigenvalue weighted by atomic mass is 9.77. The molecule has 0 saturated heterocycles. The van der Waals surface area contributed by atoms with E-state index in [0.29, 0.717) is 12.0 Å². The van der Waals surface area contributed by atoms with Crippen LogP contribution in [0.1, 0.15) is 41.9 Å². The molecule has 0 spiro atoms. The fourth-order valence-electron chi connectivity index (χ4n) is 3.72. The highest BCUT2D eigenvalue weighted by molar-refractivity contribution is 5.33. The van der Waals surface area contributed by atoms with Crippen molar-refractivity contribution in [1.29, 1.82) is 0 Å². The van der Waals surface area contributed by atoms with Crippen LogP contribution < -0.4 is 5.32 Å². The molecule has 21 heavy (non-hydrogen) atoms. The number of rotatable bonds is 5. The smallest absolute Gasteiger partial charge is 0.0136 e. The molecule has 0 aliphatic heterocycles. The summed E-state index contributed by atoms with van der Waals surface area (Å²) in [7, 11) is 2.12. The van der Waals surface area contributed by atoms with Crippen molar-refractivity contribution in [1.82, 2.24) is 5.32 Å². The van der Waals surface area contributed by atoms with Gasteiger partial charge in [0, 0.05) is 6.04 Å². The third kappa shape index (κ3) is 3.36. The van der Waals surface area contributed by atoms with Gasteiger partial charge in [-0.1, -0.05) is 54.6 Å². The largest absolute Gasteiger partial charge is 0.316 e. The lowest BCUT2D eigenvalue weighted by Crippen LogP contribution is -2.34. The molecule has 1 aliphatic carbocycles. The predicted molar refractivity (Wildman–Crippen MR) is 89.7 cm³/mol. The molecule has 2 atom stereocenters. The molecule has 0 heterocycles. The zero-order chi connectivity index (χ0) is 14.5. The molecular formula is C20H25N. The molecule has 0 aromatic heterocycles. The van der Waals surface area contributed by atoms with Gasteiger partial charge in [-0.2, -0.15) is 0 Å². The number of fused-ring (bicyclic) bond motifs is 1. The van der Waals surface area contributed by atoms with E-state index < -0.39 is 0 Å². The lowest BCUT2D eigenvalue weighted by Gasteiger charge is -2.32. The number of hydrogen-bond donors (Lipinski definition) is 1. The van der Waals surface area contributed by atoms with E-state index in [-0.39, 0.29) is 0 Å². The van der Waals surface area contributed by atoms with Crippen molar-refractivity contribution < 1.29 is 0 Å². The first-order valence-electron chi connectivity index (χ1n) is 8.17. The molecule has 0 radical (unpaired) electrons. The van der Waals surface area contributed by atoms with Crippen LogP contribution in [0.25, 0.3) is 0 Å². The molecule has 1 aliphatic rings. The van der Waals surface area contributed by atoms with Crippen LogP contribution in [0.5, 0.6) is 0 Å². The summed E-state index contributed by atoms with van der Waals surface area (Å²) in [6, 6.07) is 20.4. The highest BCUT2D eigenvalue weighted by Crippen LogP contribution is 2.35. The summed E-state index contributed by atoms with van der Waals surface area (Å²) in [6.45, 7) is 0. The standard InChI is InChI=1S/C20H25N/c1-21-20(15-14-16-8-3-2-4-9-16)19-13-7-11-17-10-5-6-12-18(17)19/h2-6,8-10,12,19-21H,7,11,13-15H2,1H3. The van der Waals surface area contributed by atoms with Crippen LogP contribution in [-0.4, -0.2) is 13.1 Å². The van der Waals surface area contributed by atoms with Crippen LogP contribution in [-0.2, 0) is 12.8 Å². The minimum absolute atomic E-state index is 0.576. The second-order valence-corrected chi connectivity index (χ2v) is 6.12. The molecular weight excluding hydrogens is 254 g/mol. The van der Waals surface area contributed by atoms with E-state index in [1.54, 1.807) is 11.1 Å². The van der Waals surface area contributed by atoms with E-state index >= 15 is 0 Å². The zero-order valence-corrected chi connectivity index (χ0v) is 12.9. The molecule has 3 rings (SSSR count). The predicted octanol–water partition coefficient (Wildman–Crippen LogP) is 4.33. The van der Waals surface area contributed by atoms with E-state index in [2.05, 4.69) is 67.0 Å². The lowest BCUT2D eigenvalue weighted by molar-refractivity contribution is 0.394. The molecule has 1 heteroatoms. The van der Waals surface area contributed by atoms with Crippen molar-refractivity contribution in [3.63, 3.8) is 0 Å². The average molecular weight is 279 g/mol. The second kappa shape index (κ2) is 6.91. The van der Waals surface area contributed by atoms with Gasteiger partial charge >= 0.3 is 0 Å². The summed E-state index contributed by atoms with van der Waals surface area (Å²) in [5, 5.41) is 3.58. The van der Waals surface area contributed by atoms with Crippen molar-refractivity contribution >= 4 is 0 Å². The van der Waals surface area contributed by atoms with E-state index in [0.717, 1.165) is 6.42 Å². The normalized spacial score (nSPS) is 19.0. The van der Waals surface area contributed by atoms with Crippen LogP contribution in [0.2, 0.25) is 0 Å². The summed E-state index contributed by atoms with van der Waals surface area (Å²) in [5.41, 5.74) is 4.59. The van der Waals surface area contributed by atoms with Gasteiger partial charge in [0.1, 0.15) is 0 Å². The van der Waals surface area contributed by atoms with Gasteiger partial charge in [0.25, 0.3) is 0 Å². The first kappa shape index (κ1) is 14.3. The highest BCUT2D eigenvalue weighted by atomic mass is 14.9. The van der Waals surface area contributed by atoms with Gasteiger partial charge in [0.2, 0.25) is 0 Å². The van der Waals surface area contributed by atoms with Gasteiger partial charge < -0.3 is 5.32 Å². The number of nitrogens with one attached hydrogen (secondary N) is 1. The Kier molecular flexibility index (Phi) is 4.72. The van der Waals surface area contributed by atoms with Gasteiger partial charge in [0.15, 0.2) is 0 Å². The van der Waals surface area contributed by atoms with Crippen molar-refractivity contribution in [3.05, 3.63) is 71.3 Å². The van der Waals surface area contributed by atoms with Gasteiger partial charge in [-0.25, -0.2) is 0 Å². The highest BCUT2D eigenvalue weighted by Gasteiger charge is 2.26. The molecule has 2 aromatic rings. The van der Waals surface area contributed by atoms with E-state index in [1.807, 2.05) is 0 Å². The Morgan fingerprint density at radius 3 is 2.62 bits per heavy atom. The van der Waals surface area contributed by atoms with Crippen LogP contribution in [0.15, 0.2) is 54.6 Å². The zero-order valence-electron chi connectivity index (χ0n) is 12.9. The van der Waals surface area contributed by atoms with Gasteiger partial charge in [-0.15, -0.1) is 0 Å². The Morgan fingerprint density at radius 1 is 1.05 bits per heavy atom. The quantitative estimate of drug-likeness (QED) is 0.859. The molecule has 1 N–H and O–H groups in total. The molecule has 0 fully saturated rings. The van der Waals surface area contributed by atoms with Gasteiger partial charge in [0.05, 0.1) is 0 Å². The summed E-state index contributed by atoms with van der Waals surface area (Å²) < 4.78 is 0. The molecule has 0 bridgehead atoms. The third-order valence-corrected chi connectivity index (χ3v) is 4.86. The van der Waals surface area contributed by atoms with Crippen molar-refractivity contribution in [2.75, 3.05) is 7.05 Å². The van der Waals surface area contributed by atoms with Crippen LogP contribution >= 0.6 is 0 Å². The number of benzene rings is 2. The van der Waals surface area contributed by atoms with Crippen molar-refractivity contribution in [2.45, 2.75) is 44.1 Å². The first-order valence-corrected chi connectivity index (χ1v) is 8.17. The number of hydrogen-bond acceptors (Lipinski definition) is 1. The Morgan fingerprint density at radius 2 is 1.81 bits per heavy atom. The second-order valence-electron chi connectivity index (χ2n) is 6.12. The van der Waals surface area contributed by atoms with E-state index in [1.165, 1.54) is 31.2 Å². The van der Waals surface area contributed by atoms with E-state index in [9.17, 15) is 0 Å². The Bertz CT molecular complexity index is 561. The minimum atomic E-state index is 0.576. The van der Waals surface area contributed by atoms with Crippen LogP contribution in [0.3, 0.4) is 0 Å². The third-order valence-electron chi connectivity index (χ3n) is 4.86. The maximum absolute atomic E-state index is 3.58. The maximum Gasteiger partial charge on any atom is 0.0136 e. The summed E-state index contributed by atoms with van der Waals surface area (Å²) >= 11 is 0. The average Bonchev–Trinajstić information content (AvgIpc) is 2.56. The van der Waals surface area contributed by atoms with E-state index in [4.69, 9.17) is 0 Å². The minimum Gasteiger partial charge on any atom is -0.316 e. The summed E-state index contributed by atoms with van der Waals surface area (Å²) in [5.74, 6) is 0.670. The first-order chi connectivity index (χ1) is 10.4. The molecule has 0 saturated carbocycles. The van der Waals surface area contributed by atoms with Crippen molar-refractivity contribution in [2.24, 2.45) is 0 Å². The van der Waals surface area contributed by atoms with Crippen molar-refractivity contribution in [3.8, 4) is 0 Å². The Hall–Kier alpha value is -1.60. The van der Waals surface area contributed by atoms with Gasteiger partial charge in [-0.05, 0) is 61.8 Å². The van der Waals surface area contributed by atoms with Gasteiger partial charge in [-0.3, -0.25) is 0 Å². The fourth-order valence-corrected chi connectivity index (χ4v) is 3.72. The Labute approximate surface area is 128 Å². The topological polar surface area (TPSA) is 12.0 Å². The monoisotopic (exact) mass is 279 g/mol. The van der Waals surface area contributed by atoms with Crippen LogP contribution in [0, 0.1) is 0 Å². The summed E-state index contributed by atoms with van der Waals surface area (Å²) in [4.78, 5) is 0.